The standard InChI is InChI=1S/C34H38N4O4/c1-4-9-23-10-8-11-24(16-23)29(37-26-12-6-5-7-13-26)18-32(35)36-20-31(39)34-19-28(34)33(40)38(22-34)21-25-14-15-27(41-2)17-30(25)42-3/h5-8,10-18,28,37H,4,9,19-22H2,1-3H3,(H2,35,36)/b29-18-. The summed E-state index contributed by atoms with van der Waals surface area (Å²) in [5.41, 5.74) is 10.5. The molecule has 1 saturated carbocycles. The molecule has 8 nitrogen and oxygen atoms in total. The first-order chi connectivity index (χ1) is 20.4. The fourth-order valence-electron chi connectivity index (χ4n) is 5.73. The molecule has 1 aliphatic carbocycles. The van der Waals surface area contributed by atoms with Crippen molar-refractivity contribution < 1.29 is 19.1 Å². The Kier molecular flexibility index (Phi) is 8.61. The maximum Gasteiger partial charge on any atom is 0.227 e. The predicted octanol–water partition coefficient (Wildman–Crippen LogP) is 5.08. The van der Waals surface area contributed by atoms with Gasteiger partial charge in [0.05, 0.1) is 25.6 Å². The molecule has 1 heterocycles. The van der Waals surface area contributed by atoms with Crippen molar-refractivity contribution in [2.24, 2.45) is 22.1 Å². The highest BCUT2D eigenvalue weighted by Gasteiger charge is 2.68. The zero-order chi connectivity index (χ0) is 29.7. The number of nitrogens with zero attached hydrogens (tertiary/aromatic N) is 2. The number of hydrogen-bond donors (Lipinski definition) is 2. The molecular formula is C34H38N4O4. The molecule has 218 valence electrons. The second-order valence-electron chi connectivity index (χ2n) is 10.9. The van der Waals surface area contributed by atoms with Crippen molar-refractivity contribution in [3.05, 3.63) is 95.6 Å². The second-order valence-corrected chi connectivity index (χ2v) is 10.9. The summed E-state index contributed by atoms with van der Waals surface area (Å²) in [5, 5.41) is 3.45. The number of carbonyl (C=O) groups excluding carboxylic acids is 2. The van der Waals surface area contributed by atoms with Crippen molar-refractivity contribution in [2.45, 2.75) is 32.7 Å². The second kappa shape index (κ2) is 12.5. The van der Waals surface area contributed by atoms with Gasteiger partial charge in [-0.05, 0) is 54.3 Å². The third-order valence-corrected chi connectivity index (χ3v) is 8.10. The summed E-state index contributed by atoms with van der Waals surface area (Å²) in [6.45, 7) is 2.84. The Bertz CT molecular complexity index is 1520. The van der Waals surface area contributed by atoms with Crippen LogP contribution in [-0.2, 0) is 22.6 Å². The Morgan fingerprint density at radius 1 is 1.10 bits per heavy atom. The number of rotatable bonds is 13. The number of ketones is 1. The van der Waals surface area contributed by atoms with Crippen LogP contribution in [0.1, 0.15) is 36.5 Å². The maximum absolute atomic E-state index is 13.4. The maximum atomic E-state index is 13.4. The van der Waals surface area contributed by atoms with E-state index in [9.17, 15) is 9.59 Å². The number of para-hydroxylation sites is 1. The van der Waals surface area contributed by atoms with E-state index < -0.39 is 5.41 Å². The lowest BCUT2D eigenvalue weighted by molar-refractivity contribution is -0.130. The SMILES string of the molecule is CCCc1cccc(/C(=C/C(N)=NCC(=O)C23CC2C(=O)N(Cc2ccc(OC)cc2OC)C3)Nc2ccccc2)c1. The van der Waals surface area contributed by atoms with E-state index >= 15 is 0 Å². The lowest BCUT2D eigenvalue weighted by Gasteiger charge is -2.22. The fourth-order valence-corrected chi connectivity index (χ4v) is 5.73. The number of amides is 1. The zero-order valence-electron chi connectivity index (χ0n) is 24.4. The van der Waals surface area contributed by atoms with E-state index in [-0.39, 0.29) is 30.0 Å². The molecule has 0 aromatic heterocycles. The van der Waals surface area contributed by atoms with E-state index in [1.54, 1.807) is 31.3 Å². The number of nitrogens with two attached hydrogens (primary N) is 1. The summed E-state index contributed by atoms with van der Waals surface area (Å²) < 4.78 is 10.8. The minimum Gasteiger partial charge on any atom is -0.497 e. The van der Waals surface area contributed by atoms with Crippen LogP contribution in [0.3, 0.4) is 0 Å². The monoisotopic (exact) mass is 566 g/mol. The third-order valence-electron chi connectivity index (χ3n) is 8.10. The first-order valence-corrected chi connectivity index (χ1v) is 14.3. The van der Waals surface area contributed by atoms with Gasteiger partial charge in [0.1, 0.15) is 23.9 Å². The average Bonchev–Trinajstić information content (AvgIpc) is 3.68. The van der Waals surface area contributed by atoms with Crippen molar-refractivity contribution in [3.8, 4) is 11.5 Å². The van der Waals surface area contributed by atoms with Gasteiger partial charge in [0, 0.05) is 42.2 Å². The summed E-state index contributed by atoms with van der Waals surface area (Å²) in [6, 6.07) is 23.7. The quantitative estimate of drug-likeness (QED) is 0.221. The number of hydrogen-bond acceptors (Lipinski definition) is 6. The van der Waals surface area contributed by atoms with Gasteiger partial charge in [-0.3, -0.25) is 14.6 Å². The molecule has 1 aliphatic heterocycles. The van der Waals surface area contributed by atoms with Gasteiger partial charge in [-0.25, -0.2) is 0 Å². The number of aryl methyl sites for hydroxylation is 1. The van der Waals surface area contributed by atoms with Crippen LogP contribution < -0.4 is 20.5 Å². The van der Waals surface area contributed by atoms with Gasteiger partial charge in [-0.1, -0.05) is 49.7 Å². The number of ether oxygens (including phenoxy) is 2. The van der Waals surface area contributed by atoms with Gasteiger partial charge >= 0.3 is 0 Å². The topological polar surface area (TPSA) is 106 Å². The summed E-state index contributed by atoms with van der Waals surface area (Å²) >= 11 is 0. The Hall–Kier alpha value is -4.59. The number of likely N-dealkylation sites (tertiary alicyclic amines) is 1. The van der Waals surface area contributed by atoms with E-state index in [2.05, 4.69) is 29.4 Å². The van der Waals surface area contributed by atoms with Gasteiger partial charge in [0.15, 0.2) is 5.78 Å². The Morgan fingerprint density at radius 3 is 2.64 bits per heavy atom. The van der Waals surface area contributed by atoms with Gasteiger partial charge in [0.25, 0.3) is 0 Å². The number of amidine groups is 1. The normalized spacial score (nSPS) is 19.8. The zero-order valence-corrected chi connectivity index (χ0v) is 24.4. The van der Waals surface area contributed by atoms with Crippen molar-refractivity contribution in [2.75, 3.05) is 32.6 Å². The molecule has 0 radical (unpaired) electrons. The van der Waals surface area contributed by atoms with E-state index in [0.29, 0.717) is 31.0 Å². The summed E-state index contributed by atoms with van der Waals surface area (Å²) in [5.74, 6) is 1.23. The highest BCUT2D eigenvalue weighted by Crippen LogP contribution is 2.59. The molecule has 3 aromatic carbocycles. The van der Waals surface area contributed by atoms with Crippen LogP contribution in [0, 0.1) is 11.3 Å². The first kappa shape index (κ1) is 28.9. The molecule has 1 saturated heterocycles. The number of anilines is 1. The van der Waals surface area contributed by atoms with E-state index in [4.69, 9.17) is 15.2 Å². The van der Waals surface area contributed by atoms with Crippen molar-refractivity contribution in [1.82, 2.24) is 4.90 Å². The Morgan fingerprint density at radius 2 is 1.90 bits per heavy atom. The van der Waals surface area contributed by atoms with Crippen molar-refractivity contribution in [3.63, 3.8) is 0 Å². The molecule has 2 unspecified atom stereocenters. The smallest absolute Gasteiger partial charge is 0.227 e. The van der Waals surface area contributed by atoms with Crippen molar-refractivity contribution >= 4 is 28.9 Å². The Balaban J connectivity index is 1.30. The molecule has 0 bridgehead atoms. The number of aliphatic imine (C=N–C) groups is 1. The molecule has 0 spiro atoms. The summed E-state index contributed by atoms with van der Waals surface area (Å²) in [7, 11) is 3.18. The fraction of sp³-hybridized carbons (Fsp3) is 0.324. The van der Waals surface area contributed by atoms with Crippen LogP contribution in [0.2, 0.25) is 0 Å². The molecule has 3 aromatic rings. The van der Waals surface area contributed by atoms with Crippen LogP contribution in [0.5, 0.6) is 11.5 Å². The molecule has 3 N–H and O–H groups in total. The number of fused-ring (bicyclic) bond motifs is 1. The molecule has 2 atom stereocenters. The van der Waals surface area contributed by atoms with Gasteiger partial charge in [-0.15, -0.1) is 0 Å². The van der Waals surface area contributed by atoms with Crippen LogP contribution in [0.4, 0.5) is 5.69 Å². The first-order valence-electron chi connectivity index (χ1n) is 14.3. The third kappa shape index (κ3) is 6.17. The van der Waals surface area contributed by atoms with E-state index in [0.717, 1.165) is 35.4 Å². The highest BCUT2D eigenvalue weighted by molar-refractivity contribution is 6.04. The van der Waals surface area contributed by atoms with E-state index in [1.807, 2.05) is 54.6 Å². The largest absolute Gasteiger partial charge is 0.497 e. The van der Waals surface area contributed by atoms with Gasteiger partial charge in [-0.2, -0.15) is 0 Å². The summed E-state index contributed by atoms with van der Waals surface area (Å²) in [6.07, 6.45) is 4.37. The predicted molar refractivity (Wildman–Crippen MR) is 165 cm³/mol. The molecule has 5 rings (SSSR count). The minimum absolute atomic E-state index is 0.000577. The lowest BCUT2D eigenvalue weighted by Crippen LogP contribution is -2.32. The van der Waals surface area contributed by atoms with Crippen LogP contribution in [-0.4, -0.2) is 49.7 Å². The average molecular weight is 567 g/mol. The number of benzene rings is 3. The Labute approximate surface area is 247 Å². The number of nitrogens with one attached hydrogen (secondary N) is 1. The molecule has 2 fully saturated rings. The van der Waals surface area contributed by atoms with Crippen LogP contribution >= 0.6 is 0 Å². The highest BCUT2D eigenvalue weighted by atomic mass is 16.5. The molecule has 2 aliphatic rings. The van der Waals surface area contributed by atoms with Crippen LogP contribution in [0.25, 0.3) is 5.70 Å². The number of Topliss-reactive ketones (excluding diaryl/α,β-unsaturated/α-hetero) is 1. The lowest BCUT2D eigenvalue weighted by atomic mass is 10.00. The number of piperidine rings is 1. The van der Waals surface area contributed by atoms with Crippen LogP contribution in [0.15, 0.2) is 83.9 Å². The minimum atomic E-state index is -0.691. The number of carbonyl (C=O) groups is 2. The van der Waals surface area contributed by atoms with Gasteiger partial charge in [0.2, 0.25) is 5.91 Å². The summed E-state index contributed by atoms with van der Waals surface area (Å²) in [4.78, 5) is 32.7. The molecule has 1 amide bonds. The van der Waals surface area contributed by atoms with Crippen molar-refractivity contribution in [1.29, 1.82) is 0 Å². The molecule has 42 heavy (non-hydrogen) atoms. The number of methoxy groups -OCH3 is 2. The van der Waals surface area contributed by atoms with Gasteiger partial charge < -0.3 is 25.4 Å². The van der Waals surface area contributed by atoms with E-state index in [1.165, 1.54) is 5.56 Å². The molecular weight excluding hydrogens is 528 g/mol. The molecule has 8 heteroatoms.